The first-order chi connectivity index (χ1) is 7.03. The average molecular weight is 209 g/mol. The molecule has 0 atom stereocenters. The van der Waals surface area contributed by atoms with E-state index < -0.39 is 11.4 Å². The molecule has 0 heterocycles. The third kappa shape index (κ3) is 2.22. The molecule has 0 bridgehead atoms. The summed E-state index contributed by atoms with van der Waals surface area (Å²) in [6, 6.07) is 4.51. The Morgan fingerprint density at radius 3 is 2.67 bits per heavy atom. The van der Waals surface area contributed by atoms with Crippen molar-refractivity contribution in [2.75, 3.05) is 7.11 Å². The normalized spacial score (nSPS) is 10.7. The largest absolute Gasteiger partial charge is 0.493 e. The smallest absolute Gasteiger partial charge is 0.235 e. The molecule has 0 aliphatic heterocycles. The number of rotatable bonds is 3. The summed E-state index contributed by atoms with van der Waals surface area (Å²) in [6.07, 6.45) is 1.47. The van der Waals surface area contributed by atoms with Crippen LogP contribution < -0.4 is 4.74 Å². The van der Waals surface area contributed by atoms with Crippen molar-refractivity contribution in [2.45, 2.75) is 19.4 Å². The average Bonchev–Trinajstić information content (AvgIpc) is 2.17. The van der Waals surface area contributed by atoms with Gasteiger partial charge in [0.2, 0.25) is 6.08 Å². The first-order valence-electron chi connectivity index (χ1n) is 4.45. The maximum absolute atomic E-state index is 13.4. The van der Waals surface area contributed by atoms with Gasteiger partial charge in [0, 0.05) is 5.56 Å². The van der Waals surface area contributed by atoms with Gasteiger partial charge < -0.3 is 4.74 Å². The van der Waals surface area contributed by atoms with E-state index in [-0.39, 0.29) is 5.75 Å². The lowest BCUT2D eigenvalue weighted by atomic mass is 9.94. The van der Waals surface area contributed by atoms with E-state index in [1.807, 2.05) is 0 Å². The number of isocyanates is 1. The second kappa shape index (κ2) is 4.24. The molecule has 0 N–H and O–H groups in total. The highest BCUT2D eigenvalue weighted by molar-refractivity contribution is 5.43. The summed E-state index contributed by atoms with van der Waals surface area (Å²) < 4.78 is 18.3. The molecule has 0 fully saturated rings. The molecule has 0 aliphatic rings. The van der Waals surface area contributed by atoms with Crippen molar-refractivity contribution < 1.29 is 13.9 Å². The highest BCUT2D eigenvalue weighted by atomic mass is 19.1. The number of benzene rings is 1. The number of halogens is 1. The lowest BCUT2D eigenvalue weighted by Crippen LogP contribution is -2.15. The molecule has 4 heteroatoms. The quantitative estimate of drug-likeness (QED) is 0.566. The van der Waals surface area contributed by atoms with Crippen LogP contribution in [-0.4, -0.2) is 13.2 Å². The van der Waals surface area contributed by atoms with Crippen LogP contribution in [0.3, 0.4) is 0 Å². The zero-order valence-electron chi connectivity index (χ0n) is 8.87. The highest BCUT2D eigenvalue weighted by Crippen LogP contribution is 2.33. The summed E-state index contributed by atoms with van der Waals surface area (Å²) in [5.74, 6) is -0.356. The second-order valence-corrected chi connectivity index (χ2v) is 3.58. The van der Waals surface area contributed by atoms with Crippen LogP contribution in [0.4, 0.5) is 4.39 Å². The molecule has 0 saturated heterocycles. The van der Waals surface area contributed by atoms with E-state index in [2.05, 4.69) is 4.99 Å². The topological polar surface area (TPSA) is 38.7 Å². The fraction of sp³-hybridized carbons (Fsp3) is 0.364. The van der Waals surface area contributed by atoms with Crippen molar-refractivity contribution in [3.05, 3.63) is 29.6 Å². The van der Waals surface area contributed by atoms with Gasteiger partial charge in [0.15, 0.2) is 11.6 Å². The van der Waals surface area contributed by atoms with E-state index in [4.69, 9.17) is 4.74 Å². The number of para-hydroxylation sites is 1. The standard InChI is InChI=1S/C11H12FNO2/c1-11(2,13-7-14)8-5-4-6-9(12)10(8)15-3/h4-6H,1-3H3. The Labute approximate surface area is 87.6 Å². The van der Waals surface area contributed by atoms with Gasteiger partial charge in [-0.2, -0.15) is 4.99 Å². The third-order valence-corrected chi connectivity index (χ3v) is 2.16. The molecule has 80 valence electrons. The van der Waals surface area contributed by atoms with Crippen LogP contribution in [0.25, 0.3) is 0 Å². The number of nitrogens with zero attached hydrogens (tertiary/aromatic N) is 1. The van der Waals surface area contributed by atoms with Crippen LogP contribution in [0.1, 0.15) is 19.4 Å². The van der Waals surface area contributed by atoms with Crippen LogP contribution in [0.15, 0.2) is 23.2 Å². The molecule has 1 aromatic rings. The third-order valence-electron chi connectivity index (χ3n) is 2.16. The minimum absolute atomic E-state index is 0.113. The van der Waals surface area contributed by atoms with Gasteiger partial charge in [0.1, 0.15) is 0 Å². The zero-order valence-corrected chi connectivity index (χ0v) is 8.87. The monoisotopic (exact) mass is 209 g/mol. The zero-order chi connectivity index (χ0) is 11.5. The van der Waals surface area contributed by atoms with Crippen LogP contribution in [0, 0.1) is 5.82 Å². The minimum Gasteiger partial charge on any atom is -0.493 e. The van der Waals surface area contributed by atoms with Crippen molar-refractivity contribution in [1.82, 2.24) is 0 Å². The lowest BCUT2D eigenvalue weighted by molar-refractivity contribution is 0.368. The number of aliphatic imine (C=N–C) groups is 1. The first kappa shape index (κ1) is 11.4. The van der Waals surface area contributed by atoms with Crippen LogP contribution in [-0.2, 0) is 10.3 Å². The Balaban J connectivity index is 3.36. The van der Waals surface area contributed by atoms with Gasteiger partial charge >= 0.3 is 0 Å². The molecular formula is C11H12FNO2. The molecule has 15 heavy (non-hydrogen) atoms. The van der Waals surface area contributed by atoms with Crippen molar-refractivity contribution >= 4 is 6.08 Å². The molecule has 0 saturated carbocycles. The molecule has 0 amide bonds. The lowest BCUT2D eigenvalue weighted by Gasteiger charge is -2.20. The van der Waals surface area contributed by atoms with E-state index in [9.17, 15) is 9.18 Å². The van der Waals surface area contributed by atoms with Crippen molar-refractivity contribution in [1.29, 1.82) is 0 Å². The van der Waals surface area contributed by atoms with Gasteiger partial charge in [0.05, 0.1) is 12.6 Å². The predicted molar refractivity (Wildman–Crippen MR) is 54.1 cm³/mol. The molecule has 0 aromatic heterocycles. The summed E-state index contributed by atoms with van der Waals surface area (Å²) in [7, 11) is 1.38. The Bertz CT molecular complexity index is 409. The molecule has 1 aromatic carbocycles. The summed E-state index contributed by atoms with van der Waals surface area (Å²) in [6.45, 7) is 3.38. The Morgan fingerprint density at radius 2 is 2.13 bits per heavy atom. The van der Waals surface area contributed by atoms with Crippen LogP contribution in [0.5, 0.6) is 5.75 Å². The van der Waals surface area contributed by atoms with E-state index in [1.165, 1.54) is 19.3 Å². The van der Waals surface area contributed by atoms with Crippen LogP contribution >= 0.6 is 0 Å². The molecule has 0 radical (unpaired) electrons. The SMILES string of the molecule is COc1c(F)cccc1C(C)(C)N=C=O. The highest BCUT2D eigenvalue weighted by Gasteiger charge is 2.25. The van der Waals surface area contributed by atoms with Crippen molar-refractivity contribution in [3.8, 4) is 5.75 Å². The molecule has 3 nitrogen and oxygen atoms in total. The van der Waals surface area contributed by atoms with Gasteiger partial charge in [-0.05, 0) is 19.9 Å². The van der Waals surface area contributed by atoms with Crippen molar-refractivity contribution in [2.24, 2.45) is 4.99 Å². The number of ether oxygens (including phenoxy) is 1. The maximum Gasteiger partial charge on any atom is 0.235 e. The minimum atomic E-state index is -0.838. The van der Waals surface area contributed by atoms with E-state index in [0.29, 0.717) is 5.56 Å². The number of carbonyl (C=O) groups excluding carboxylic acids is 1. The van der Waals surface area contributed by atoms with Crippen molar-refractivity contribution in [3.63, 3.8) is 0 Å². The Kier molecular flexibility index (Phi) is 3.22. The molecule has 0 unspecified atom stereocenters. The van der Waals surface area contributed by atoms with E-state index in [0.717, 1.165) is 0 Å². The Hall–Kier alpha value is -1.67. The van der Waals surface area contributed by atoms with Crippen LogP contribution in [0.2, 0.25) is 0 Å². The van der Waals surface area contributed by atoms with Gasteiger partial charge in [-0.15, -0.1) is 0 Å². The second-order valence-electron chi connectivity index (χ2n) is 3.58. The summed E-state index contributed by atoms with van der Waals surface area (Å²) >= 11 is 0. The number of hydrogen-bond donors (Lipinski definition) is 0. The first-order valence-corrected chi connectivity index (χ1v) is 4.45. The predicted octanol–water partition coefficient (Wildman–Crippen LogP) is 2.41. The fourth-order valence-corrected chi connectivity index (χ4v) is 1.37. The Morgan fingerprint density at radius 1 is 1.47 bits per heavy atom. The van der Waals surface area contributed by atoms with Gasteiger partial charge in [-0.1, -0.05) is 12.1 Å². The number of hydrogen-bond acceptors (Lipinski definition) is 3. The molecule has 1 rings (SSSR count). The maximum atomic E-state index is 13.4. The van der Waals surface area contributed by atoms with E-state index >= 15 is 0 Å². The summed E-state index contributed by atoms with van der Waals surface area (Å²) in [5.41, 5.74) is -0.316. The molecular weight excluding hydrogens is 197 g/mol. The fourth-order valence-electron chi connectivity index (χ4n) is 1.37. The van der Waals surface area contributed by atoms with Gasteiger partial charge in [-0.25, -0.2) is 9.18 Å². The van der Waals surface area contributed by atoms with E-state index in [1.54, 1.807) is 26.0 Å². The van der Waals surface area contributed by atoms with Gasteiger partial charge in [-0.3, -0.25) is 0 Å². The molecule has 0 aliphatic carbocycles. The summed E-state index contributed by atoms with van der Waals surface area (Å²) in [4.78, 5) is 13.9. The van der Waals surface area contributed by atoms with Gasteiger partial charge in [0.25, 0.3) is 0 Å². The number of methoxy groups -OCH3 is 1. The molecule has 0 spiro atoms. The summed E-state index contributed by atoms with van der Waals surface area (Å²) in [5, 5.41) is 0.